The Kier molecular flexibility index (Phi) is 5.48. The van der Waals surface area contributed by atoms with Gasteiger partial charge in [-0.25, -0.2) is 14.1 Å². The maximum absolute atomic E-state index is 13.0. The van der Waals surface area contributed by atoms with Crippen LogP contribution in [0, 0.1) is 5.82 Å². The average Bonchev–Trinajstić information content (AvgIpc) is 2.98. The van der Waals surface area contributed by atoms with E-state index >= 15 is 0 Å². The van der Waals surface area contributed by atoms with Crippen LogP contribution in [0.2, 0.25) is 0 Å². The highest BCUT2D eigenvalue weighted by atomic mass is 79.9. The van der Waals surface area contributed by atoms with Crippen LogP contribution in [0.25, 0.3) is 11.4 Å². The average molecular weight is 404 g/mol. The van der Waals surface area contributed by atoms with Gasteiger partial charge < -0.3 is 0 Å². The third kappa shape index (κ3) is 4.13. The van der Waals surface area contributed by atoms with E-state index in [1.807, 2.05) is 28.9 Å². The summed E-state index contributed by atoms with van der Waals surface area (Å²) in [4.78, 5) is 4.64. The van der Waals surface area contributed by atoms with E-state index in [4.69, 9.17) is 0 Å². The van der Waals surface area contributed by atoms with E-state index in [0.29, 0.717) is 17.5 Å². The van der Waals surface area contributed by atoms with Gasteiger partial charge in [-0.3, -0.25) is 0 Å². The van der Waals surface area contributed by atoms with Crippen LogP contribution in [-0.4, -0.2) is 14.8 Å². The fourth-order valence-corrected chi connectivity index (χ4v) is 3.23. The molecule has 24 heavy (non-hydrogen) atoms. The van der Waals surface area contributed by atoms with E-state index in [-0.39, 0.29) is 5.82 Å². The molecule has 6 heteroatoms. The summed E-state index contributed by atoms with van der Waals surface area (Å²) in [6.07, 6.45) is 1.80. The second-order valence-corrected chi connectivity index (χ2v) is 6.97. The van der Waals surface area contributed by atoms with Gasteiger partial charge in [0.2, 0.25) is 5.16 Å². The molecule has 3 aromatic rings. The summed E-state index contributed by atoms with van der Waals surface area (Å²) >= 11 is 4.97. The van der Waals surface area contributed by atoms with Crippen molar-refractivity contribution in [3.8, 4) is 11.4 Å². The standard InChI is InChI=1S/C18H15BrFN3S/c1-2-11-23-17(14-5-7-15(19)8-6-14)21-18(22-23)24-12-13-3-9-16(20)10-4-13/h2-10H,1,11-12H2. The van der Waals surface area contributed by atoms with Gasteiger partial charge in [0, 0.05) is 15.8 Å². The molecular formula is C18H15BrFN3S. The SMILES string of the molecule is C=CCn1nc(SCc2ccc(F)cc2)nc1-c1ccc(Br)cc1. The predicted molar refractivity (Wildman–Crippen MR) is 99.3 cm³/mol. The molecule has 0 radical (unpaired) electrons. The van der Waals surface area contributed by atoms with E-state index in [0.717, 1.165) is 21.4 Å². The fraction of sp³-hybridized carbons (Fsp3) is 0.111. The number of halogens is 2. The number of thioether (sulfide) groups is 1. The van der Waals surface area contributed by atoms with Crippen LogP contribution >= 0.6 is 27.7 Å². The van der Waals surface area contributed by atoms with Gasteiger partial charge in [0.1, 0.15) is 5.82 Å². The van der Waals surface area contributed by atoms with Crippen LogP contribution in [0.1, 0.15) is 5.56 Å². The lowest BCUT2D eigenvalue weighted by Crippen LogP contribution is -2.00. The van der Waals surface area contributed by atoms with Crippen molar-refractivity contribution < 1.29 is 4.39 Å². The molecule has 1 aromatic heterocycles. The molecule has 0 spiro atoms. The molecular weight excluding hydrogens is 389 g/mol. The van der Waals surface area contributed by atoms with Crippen LogP contribution in [0.4, 0.5) is 4.39 Å². The Morgan fingerprint density at radius 3 is 2.50 bits per heavy atom. The molecule has 3 rings (SSSR count). The zero-order chi connectivity index (χ0) is 16.9. The van der Waals surface area contributed by atoms with Crippen LogP contribution in [0.15, 0.2) is 70.8 Å². The lowest BCUT2D eigenvalue weighted by atomic mass is 10.2. The molecule has 0 aliphatic heterocycles. The Labute approximate surface area is 152 Å². The van der Waals surface area contributed by atoms with Gasteiger partial charge in [0.05, 0.1) is 6.54 Å². The first kappa shape index (κ1) is 16.9. The van der Waals surface area contributed by atoms with Gasteiger partial charge >= 0.3 is 0 Å². The van der Waals surface area contributed by atoms with Gasteiger partial charge in [-0.15, -0.1) is 11.7 Å². The molecule has 0 aliphatic rings. The number of hydrogen-bond acceptors (Lipinski definition) is 3. The molecule has 0 saturated heterocycles. The fourth-order valence-electron chi connectivity index (χ4n) is 2.17. The normalized spacial score (nSPS) is 10.8. The molecule has 0 saturated carbocycles. The minimum Gasteiger partial charge on any atom is -0.241 e. The third-order valence-electron chi connectivity index (χ3n) is 3.34. The molecule has 0 atom stereocenters. The molecule has 0 unspecified atom stereocenters. The first-order valence-electron chi connectivity index (χ1n) is 7.34. The Bertz CT molecular complexity index is 828. The van der Waals surface area contributed by atoms with Gasteiger partial charge in [-0.1, -0.05) is 58.0 Å². The molecule has 3 nitrogen and oxygen atoms in total. The van der Waals surface area contributed by atoms with Crippen molar-refractivity contribution in [2.75, 3.05) is 0 Å². The van der Waals surface area contributed by atoms with E-state index < -0.39 is 0 Å². The van der Waals surface area contributed by atoms with Crippen molar-refractivity contribution in [2.24, 2.45) is 0 Å². The molecule has 0 aliphatic carbocycles. The quantitative estimate of drug-likeness (QED) is 0.411. The van der Waals surface area contributed by atoms with Crippen LogP contribution in [0.5, 0.6) is 0 Å². The molecule has 0 amide bonds. The maximum Gasteiger partial charge on any atom is 0.209 e. The van der Waals surface area contributed by atoms with Gasteiger partial charge in [-0.05, 0) is 29.8 Å². The number of hydrogen-bond donors (Lipinski definition) is 0. The molecule has 0 fully saturated rings. The number of allylic oxidation sites excluding steroid dienone is 1. The van der Waals surface area contributed by atoms with E-state index in [1.165, 1.54) is 23.9 Å². The van der Waals surface area contributed by atoms with Crippen LogP contribution in [0.3, 0.4) is 0 Å². The Balaban J connectivity index is 1.81. The van der Waals surface area contributed by atoms with Crippen LogP contribution < -0.4 is 0 Å². The maximum atomic E-state index is 13.0. The topological polar surface area (TPSA) is 30.7 Å². The number of nitrogens with zero attached hydrogens (tertiary/aromatic N) is 3. The lowest BCUT2D eigenvalue weighted by molar-refractivity contribution is 0.627. The van der Waals surface area contributed by atoms with Crippen molar-refractivity contribution in [3.05, 3.63) is 77.0 Å². The Hall–Kier alpha value is -1.92. The molecule has 1 heterocycles. The van der Waals surface area contributed by atoms with Gasteiger partial charge in [0.15, 0.2) is 5.82 Å². The summed E-state index contributed by atoms with van der Waals surface area (Å²) < 4.78 is 15.8. The molecule has 2 aromatic carbocycles. The second-order valence-electron chi connectivity index (χ2n) is 5.11. The number of benzene rings is 2. The van der Waals surface area contributed by atoms with E-state index in [2.05, 4.69) is 32.6 Å². The smallest absolute Gasteiger partial charge is 0.209 e. The minimum absolute atomic E-state index is 0.227. The Morgan fingerprint density at radius 1 is 1.12 bits per heavy atom. The van der Waals surface area contributed by atoms with Crippen molar-refractivity contribution >= 4 is 27.7 Å². The van der Waals surface area contributed by atoms with E-state index in [9.17, 15) is 4.39 Å². The highest BCUT2D eigenvalue weighted by Gasteiger charge is 2.12. The first-order valence-corrected chi connectivity index (χ1v) is 9.12. The molecule has 122 valence electrons. The number of aromatic nitrogens is 3. The van der Waals surface area contributed by atoms with Gasteiger partial charge in [0.25, 0.3) is 0 Å². The Morgan fingerprint density at radius 2 is 1.83 bits per heavy atom. The summed E-state index contributed by atoms with van der Waals surface area (Å²) in [5.41, 5.74) is 2.04. The highest BCUT2D eigenvalue weighted by Crippen LogP contribution is 2.25. The van der Waals surface area contributed by atoms with E-state index in [1.54, 1.807) is 18.2 Å². The zero-order valence-corrected chi connectivity index (χ0v) is 15.2. The second kappa shape index (κ2) is 7.77. The number of rotatable bonds is 6. The molecule has 0 N–H and O–H groups in total. The van der Waals surface area contributed by atoms with Crippen molar-refractivity contribution in [1.29, 1.82) is 0 Å². The summed E-state index contributed by atoms with van der Waals surface area (Å²) in [6.45, 7) is 4.37. The summed E-state index contributed by atoms with van der Waals surface area (Å²) in [7, 11) is 0. The largest absolute Gasteiger partial charge is 0.241 e. The summed E-state index contributed by atoms with van der Waals surface area (Å²) in [5.74, 6) is 1.27. The summed E-state index contributed by atoms with van der Waals surface area (Å²) in [5, 5.41) is 5.24. The third-order valence-corrected chi connectivity index (χ3v) is 4.78. The van der Waals surface area contributed by atoms with Crippen molar-refractivity contribution in [2.45, 2.75) is 17.5 Å². The first-order chi connectivity index (χ1) is 11.7. The monoisotopic (exact) mass is 403 g/mol. The predicted octanol–water partition coefficient (Wildman–Crippen LogP) is 5.33. The highest BCUT2D eigenvalue weighted by molar-refractivity contribution is 9.10. The lowest BCUT2D eigenvalue weighted by Gasteiger charge is -2.02. The van der Waals surface area contributed by atoms with Gasteiger partial charge in [-0.2, -0.15) is 0 Å². The minimum atomic E-state index is -0.227. The van der Waals surface area contributed by atoms with Crippen LogP contribution in [-0.2, 0) is 12.3 Å². The summed E-state index contributed by atoms with van der Waals surface area (Å²) in [6, 6.07) is 14.4. The molecule has 0 bridgehead atoms. The van der Waals surface area contributed by atoms with Crippen molar-refractivity contribution in [1.82, 2.24) is 14.8 Å². The van der Waals surface area contributed by atoms with Crippen molar-refractivity contribution in [3.63, 3.8) is 0 Å². The zero-order valence-electron chi connectivity index (χ0n) is 12.8.